The highest BCUT2D eigenvalue weighted by Gasteiger charge is 2.18. The SMILES string of the molecule is CCOc1ccc(NC(=O)CNc2ccccc2OC2CCCC2)cc1OCC. The largest absolute Gasteiger partial charge is 0.490 e. The minimum atomic E-state index is -0.146. The van der Waals surface area contributed by atoms with E-state index in [-0.39, 0.29) is 18.6 Å². The number of nitrogens with one attached hydrogen (secondary N) is 2. The third kappa shape index (κ3) is 6.04. The van der Waals surface area contributed by atoms with Crippen molar-refractivity contribution in [2.75, 3.05) is 30.4 Å². The predicted molar refractivity (Wildman–Crippen MR) is 115 cm³/mol. The molecule has 0 radical (unpaired) electrons. The van der Waals surface area contributed by atoms with Gasteiger partial charge in [-0.25, -0.2) is 0 Å². The molecule has 0 saturated heterocycles. The first kappa shape index (κ1) is 20.8. The van der Waals surface area contributed by atoms with Crippen LogP contribution in [0.3, 0.4) is 0 Å². The molecule has 0 unspecified atom stereocenters. The van der Waals surface area contributed by atoms with Gasteiger partial charge in [-0.05, 0) is 63.8 Å². The maximum absolute atomic E-state index is 12.4. The molecule has 1 saturated carbocycles. The maximum atomic E-state index is 12.4. The highest BCUT2D eigenvalue weighted by molar-refractivity contribution is 5.94. The third-order valence-electron chi connectivity index (χ3n) is 4.75. The lowest BCUT2D eigenvalue weighted by atomic mass is 10.2. The van der Waals surface area contributed by atoms with Crippen LogP contribution in [-0.2, 0) is 4.79 Å². The molecule has 6 nitrogen and oxygen atoms in total. The van der Waals surface area contributed by atoms with Crippen LogP contribution in [0.4, 0.5) is 11.4 Å². The fourth-order valence-corrected chi connectivity index (χ4v) is 3.41. The van der Waals surface area contributed by atoms with E-state index in [0.717, 1.165) is 24.3 Å². The van der Waals surface area contributed by atoms with Gasteiger partial charge in [-0.15, -0.1) is 0 Å². The van der Waals surface area contributed by atoms with Gasteiger partial charge in [0.1, 0.15) is 5.75 Å². The number of amides is 1. The van der Waals surface area contributed by atoms with Crippen LogP contribution in [0.5, 0.6) is 17.2 Å². The molecular formula is C23H30N2O4. The van der Waals surface area contributed by atoms with Gasteiger partial charge in [0.25, 0.3) is 0 Å². The molecule has 0 aromatic heterocycles. The summed E-state index contributed by atoms with van der Waals surface area (Å²) in [5.74, 6) is 1.94. The van der Waals surface area contributed by atoms with Crippen molar-refractivity contribution in [2.45, 2.75) is 45.6 Å². The lowest BCUT2D eigenvalue weighted by molar-refractivity contribution is -0.114. The fourth-order valence-electron chi connectivity index (χ4n) is 3.41. The summed E-state index contributed by atoms with van der Waals surface area (Å²) in [5.41, 5.74) is 1.50. The Balaban J connectivity index is 1.58. The maximum Gasteiger partial charge on any atom is 0.243 e. The van der Waals surface area contributed by atoms with Crippen molar-refractivity contribution >= 4 is 17.3 Å². The number of rotatable bonds is 10. The first-order chi connectivity index (χ1) is 14.2. The Morgan fingerprint density at radius 1 is 0.966 bits per heavy atom. The highest BCUT2D eigenvalue weighted by Crippen LogP contribution is 2.31. The average Bonchev–Trinajstić information content (AvgIpc) is 3.23. The number of benzene rings is 2. The van der Waals surface area contributed by atoms with E-state index in [0.29, 0.717) is 30.4 Å². The van der Waals surface area contributed by atoms with Crippen molar-refractivity contribution in [3.8, 4) is 17.2 Å². The van der Waals surface area contributed by atoms with Crippen LogP contribution in [0.25, 0.3) is 0 Å². The summed E-state index contributed by atoms with van der Waals surface area (Å²) < 4.78 is 17.3. The molecular weight excluding hydrogens is 368 g/mol. The summed E-state index contributed by atoms with van der Waals surface area (Å²) in [6, 6.07) is 13.2. The van der Waals surface area contributed by atoms with Crippen LogP contribution >= 0.6 is 0 Å². The van der Waals surface area contributed by atoms with Crippen molar-refractivity contribution in [2.24, 2.45) is 0 Å². The quantitative estimate of drug-likeness (QED) is 0.598. The Labute approximate surface area is 172 Å². The van der Waals surface area contributed by atoms with E-state index in [1.807, 2.05) is 50.2 Å². The number of ether oxygens (including phenoxy) is 3. The zero-order valence-corrected chi connectivity index (χ0v) is 17.2. The molecule has 1 fully saturated rings. The molecule has 0 aliphatic heterocycles. The summed E-state index contributed by atoms with van der Waals surface area (Å²) in [7, 11) is 0. The van der Waals surface area contributed by atoms with Crippen molar-refractivity contribution in [3.05, 3.63) is 42.5 Å². The van der Waals surface area contributed by atoms with E-state index in [1.165, 1.54) is 12.8 Å². The molecule has 1 amide bonds. The summed E-state index contributed by atoms with van der Waals surface area (Å²) in [6.45, 7) is 5.05. The topological polar surface area (TPSA) is 68.8 Å². The van der Waals surface area contributed by atoms with Gasteiger partial charge in [0, 0.05) is 11.8 Å². The van der Waals surface area contributed by atoms with Gasteiger partial charge in [-0.2, -0.15) is 0 Å². The van der Waals surface area contributed by atoms with Gasteiger partial charge in [-0.3, -0.25) is 4.79 Å². The van der Waals surface area contributed by atoms with E-state index >= 15 is 0 Å². The molecule has 2 aromatic carbocycles. The second-order valence-corrected chi connectivity index (χ2v) is 6.95. The van der Waals surface area contributed by atoms with Crippen LogP contribution in [0, 0.1) is 0 Å². The Morgan fingerprint density at radius 3 is 2.45 bits per heavy atom. The molecule has 6 heteroatoms. The molecule has 3 rings (SSSR count). The van der Waals surface area contributed by atoms with Crippen LogP contribution < -0.4 is 24.8 Å². The Bertz CT molecular complexity index is 803. The van der Waals surface area contributed by atoms with Crippen LogP contribution in [0.1, 0.15) is 39.5 Å². The molecule has 29 heavy (non-hydrogen) atoms. The summed E-state index contributed by atoms with van der Waals surface area (Å²) in [4.78, 5) is 12.4. The van der Waals surface area contributed by atoms with E-state index in [4.69, 9.17) is 14.2 Å². The number of carbonyl (C=O) groups is 1. The van der Waals surface area contributed by atoms with E-state index in [1.54, 1.807) is 6.07 Å². The monoisotopic (exact) mass is 398 g/mol. The average molecular weight is 399 g/mol. The Morgan fingerprint density at radius 2 is 1.69 bits per heavy atom. The standard InChI is InChI=1S/C23H30N2O4/c1-3-27-21-14-13-17(15-22(21)28-4-2)25-23(26)16-24-19-11-7-8-12-20(19)29-18-9-5-6-10-18/h7-8,11-15,18,24H,3-6,9-10,16H2,1-2H3,(H,25,26). The molecule has 2 aromatic rings. The number of anilines is 2. The van der Waals surface area contributed by atoms with Crippen molar-refractivity contribution in [3.63, 3.8) is 0 Å². The molecule has 0 bridgehead atoms. The predicted octanol–water partition coefficient (Wildman–Crippen LogP) is 4.86. The van der Waals surface area contributed by atoms with Gasteiger partial charge in [0.15, 0.2) is 11.5 Å². The summed E-state index contributed by atoms with van der Waals surface area (Å²) >= 11 is 0. The van der Waals surface area contributed by atoms with E-state index < -0.39 is 0 Å². The molecule has 156 valence electrons. The fraction of sp³-hybridized carbons (Fsp3) is 0.435. The minimum absolute atomic E-state index is 0.141. The molecule has 1 aliphatic rings. The first-order valence-corrected chi connectivity index (χ1v) is 10.4. The molecule has 1 aliphatic carbocycles. The zero-order chi connectivity index (χ0) is 20.5. The van der Waals surface area contributed by atoms with Crippen molar-refractivity contribution < 1.29 is 19.0 Å². The Hall–Kier alpha value is -2.89. The van der Waals surface area contributed by atoms with Gasteiger partial charge >= 0.3 is 0 Å². The molecule has 0 atom stereocenters. The lowest BCUT2D eigenvalue weighted by Crippen LogP contribution is -2.22. The number of hydrogen-bond donors (Lipinski definition) is 2. The number of carbonyl (C=O) groups excluding carboxylic acids is 1. The zero-order valence-electron chi connectivity index (χ0n) is 17.2. The molecule has 0 spiro atoms. The first-order valence-electron chi connectivity index (χ1n) is 10.4. The second kappa shape index (κ2) is 10.6. The number of para-hydroxylation sites is 2. The number of hydrogen-bond acceptors (Lipinski definition) is 5. The lowest BCUT2D eigenvalue weighted by Gasteiger charge is -2.17. The smallest absolute Gasteiger partial charge is 0.243 e. The van der Waals surface area contributed by atoms with Crippen LogP contribution in [0.15, 0.2) is 42.5 Å². The normalized spacial score (nSPS) is 13.7. The molecule has 2 N–H and O–H groups in total. The van der Waals surface area contributed by atoms with Gasteiger partial charge < -0.3 is 24.8 Å². The van der Waals surface area contributed by atoms with Crippen molar-refractivity contribution in [1.29, 1.82) is 0 Å². The van der Waals surface area contributed by atoms with Gasteiger partial charge in [0.2, 0.25) is 5.91 Å². The summed E-state index contributed by atoms with van der Waals surface area (Å²) in [6.07, 6.45) is 4.89. The van der Waals surface area contributed by atoms with Crippen molar-refractivity contribution in [1.82, 2.24) is 0 Å². The minimum Gasteiger partial charge on any atom is -0.490 e. The van der Waals surface area contributed by atoms with Crippen LogP contribution in [-0.4, -0.2) is 31.8 Å². The molecule has 0 heterocycles. The summed E-state index contributed by atoms with van der Waals surface area (Å²) in [5, 5.41) is 6.08. The van der Waals surface area contributed by atoms with E-state index in [9.17, 15) is 4.79 Å². The Kier molecular flexibility index (Phi) is 7.61. The second-order valence-electron chi connectivity index (χ2n) is 6.95. The van der Waals surface area contributed by atoms with Gasteiger partial charge in [0.05, 0.1) is 31.5 Å². The van der Waals surface area contributed by atoms with E-state index in [2.05, 4.69) is 10.6 Å². The highest BCUT2D eigenvalue weighted by atomic mass is 16.5. The van der Waals surface area contributed by atoms with Crippen LogP contribution in [0.2, 0.25) is 0 Å². The third-order valence-corrected chi connectivity index (χ3v) is 4.75. The van der Waals surface area contributed by atoms with Gasteiger partial charge in [-0.1, -0.05) is 12.1 Å².